The molecule has 8 nitrogen and oxygen atoms in total. The van der Waals surface area contributed by atoms with E-state index in [0.29, 0.717) is 16.9 Å². The van der Waals surface area contributed by atoms with Crippen LogP contribution in [0.4, 0.5) is 8.78 Å². The highest BCUT2D eigenvalue weighted by molar-refractivity contribution is 7.10. The van der Waals surface area contributed by atoms with Crippen LogP contribution < -0.4 is 5.32 Å². The van der Waals surface area contributed by atoms with Gasteiger partial charge in [0.25, 0.3) is 5.91 Å². The Morgan fingerprint density at radius 3 is 2.57 bits per heavy atom. The number of nitrogens with zero attached hydrogens (tertiary/aromatic N) is 6. The van der Waals surface area contributed by atoms with Crippen molar-refractivity contribution in [1.29, 1.82) is 0 Å². The van der Waals surface area contributed by atoms with E-state index in [4.69, 9.17) is 0 Å². The molecule has 3 aromatic heterocycles. The number of carbonyl (C=O) groups excluding carboxylic acids is 1. The molecule has 0 radical (unpaired) electrons. The summed E-state index contributed by atoms with van der Waals surface area (Å²) in [6.45, 7) is -1.21. The minimum Gasteiger partial charge on any atom is -0.341 e. The van der Waals surface area contributed by atoms with E-state index in [0.717, 1.165) is 15.0 Å². The highest BCUT2D eigenvalue weighted by Gasteiger charge is 2.26. The monoisotopic (exact) mass is 491 g/mol. The van der Waals surface area contributed by atoms with Gasteiger partial charge < -0.3 is 5.32 Å². The second kappa shape index (κ2) is 9.55. The molecular weight excluding hydrogens is 472 g/mol. The molecule has 5 rings (SSSR count). The predicted molar refractivity (Wildman–Crippen MR) is 129 cm³/mol. The Labute approximate surface area is 202 Å². The molecule has 0 aliphatic rings. The number of hydrogen-bond acceptors (Lipinski definition) is 6. The number of thiophene rings is 1. The highest BCUT2D eigenvalue weighted by Crippen LogP contribution is 2.28. The van der Waals surface area contributed by atoms with Crippen LogP contribution in [0.25, 0.3) is 34.2 Å². The zero-order chi connectivity index (χ0) is 24.4. The summed E-state index contributed by atoms with van der Waals surface area (Å²) in [4.78, 5) is 18.7. The number of hydrogen-bond donors (Lipinski definition) is 1. The zero-order valence-electron chi connectivity index (χ0n) is 18.4. The number of alkyl halides is 2. The van der Waals surface area contributed by atoms with Gasteiger partial charge in [0.2, 0.25) is 0 Å². The van der Waals surface area contributed by atoms with Crippen LogP contribution in [0.5, 0.6) is 0 Å². The third-order valence-electron chi connectivity index (χ3n) is 5.34. The van der Waals surface area contributed by atoms with Crippen LogP contribution in [-0.2, 0) is 4.79 Å². The van der Waals surface area contributed by atoms with Crippen LogP contribution in [0.2, 0.25) is 0 Å². The molecule has 0 fully saturated rings. The van der Waals surface area contributed by atoms with E-state index in [9.17, 15) is 13.6 Å². The second-order valence-electron chi connectivity index (χ2n) is 7.63. The molecule has 0 spiro atoms. The molecule has 0 aliphatic heterocycles. The number of para-hydroxylation sites is 2. The summed E-state index contributed by atoms with van der Waals surface area (Å²) in [5, 5.41) is 16.6. The molecule has 35 heavy (non-hydrogen) atoms. The molecule has 1 atom stereocenters. The Hall–Kier alpha value is -4.25. The van der Waals surface area contributed by atoms with Crippen molar-refractivity contribution in [2.45, 2.75) is 19.5 Å². The van der Waals surface area contributed by atoms with Gasteiger partial charge in [-0.15, -0.1) is 16.4 Å². The lowest BCUT2D eigenvalue weighted by atomic mass is 10.2. The van der Waals surface area contributed by atoms with Gasteiger partial charge in [0, 0.05) is 10.4 Å². The van der Waals surface area contributed by atoms with Gasteiger partial charge in [0.15, 0.2) is 5.82 Å². The van der Waals surface area contributed by atoms with Crippen LogP contribution in [0, 0.1) is 0 Å². The minimum atomic E-state index is -2.82. The summed E-state index contributed by atoms with van der Waals surface area (Å²) in [6.07, 6.45) is 1.66. The van der Waals surface area contributed by atoms with E-state index in [-0.39, 0.29) is 11.5 Å². The second-order valence-corrected chi connectivity index (χ2v) is 8.61. The van der Waals surface area contributed by atoms with Crippen LogP contribution in [0.15, 0.2) is 72.1 Å². The van der Waals surface area contributed by atoms with Gasteiger partial charge in [-0.05, 0) is 47.0 Å². The maximum atomic E-state index is 13.9. The van der Waals surface area contributed by atoms with Gasteiger partial charge in [-0.1, -0.05) is 48.5 Å². The fourth-order valence-corrected chi connectivity index (χ4v) is 4.41. The van der Waals surface area contributed by atoms with Crippen molar-refractivity contribution < 1.29 is 13.6 Å². The quantitative estimate of drug-likeness (QED) is 0.323. The maximum Gasteiger partial charge on any atom is 0.320 e. The summed E-state index contributed by atoms with van der Waals surface area (Å²) in [7, 11) is 0. The highest BCUT2D eigenvalue weighted by atomic mass is 32.1. The van der Waals surface area contributed by atoms with Crippen LogP contribution in [0.1, 0.15) is 30.2 Å². The summed E-state index contributed by atoms with van der Waals surface area (Å²) < 4.78 is 30.0. The first-order chi connectivity index (χ1) is 17.0. The van der Waals surface area contributed by atoms with Crippen molar-refractivity contribution >= 4 is 40.1 Å². The molecule has 11 heteroatoms. The number of carbonyl (C=O) groups is 1. The van der Waals surface area contributed by atoms with Gasteiger partial charge in [-0.3, -0.25) is 9.36 Å². The number of amides is 1. The lowest BCUT2D eigenvalue weighted by Gasteiger charge is -2.17. The van der Waals surface area contributed by atoms with Gasteiger partial charge in [-0.25, -0.2) is 4.98 Å². The Bertz CT molecular complexity index is 1490. The number of benzene rings is 2. The minimum absolute atomic E-state index is 0.0463. The third kappa shape index (κ3) is 4.45. The number of nitrogens with one attached hydrogen (secondary N) is 1. The van der Waals surface area contributed by atoms with Gasteiger partial charge in [0.1, 0.15) is 11.5 Å². The lowest BCUT2D eigenvalue weighted by Crippen LogP contribution is -2.31. The SMILES string of the molecule is CC(NC(=O)/C(=C\c1cccs1)n1nnnc1-c1ccccc1)c1nc2ccccc2n1C(F)F. The van der Waals surface area contributed by atoms with Crippen LogP contribution >= 0.6 is 11.3 Å². The normalized spacial score (nSPS) is 12.9. The number of fused-ring (bicyclic) bond motifs is 1. The number of rotatable bonds is 7. The van der Waals surface area contributed by atoms with Crippen molar-refractivity contribution in [2.24, 2.45) is 0 Å². The van der Waals surface area contributed by atoms with E-state index in [1.165, 1.54) is 16.0 Å². The summed E-state index contributed by atoms with van der Waals surface area (Å²) in [5.41, 5.74) is 1.57. The Morgan fingerprint density at radius 2 is 1.83 bits per heavy atom. The Balaban J connectivity index is 1.53. The first-order valence-electron chi connectivity index (χ1n) is 10.7. The van der Waals surface area contributed by atoms with Crippen molar-refractivity contribution in [3.8, 4) is 11.4 Å². The molecule has 2 aromatic carbocycles. The molecule has 1 unspecified atom stereocenters. The van der Waals surface area contributed by atoms with Crippen molar-refractivity contribution in [3.05, 3.63) is 82.8 Å². The topological polar surface area (TPSA) is 90.5 Å². The van der Waals surface area contributed by atoms with Crippen LogP contribution in [0.3, 0.4) is 0 Å². The Morgan fingerprint density at radius 1 is 1.06 bits per heavy atom. The summed E-state index contributed by atoms with van der Waals surface area (Å²) >= 11 is 1.44. The van der Waals surface area contributed by atoms with Gasteiger partial charge in [-0.2, -0.15) is 13.5 Å². The first kappa shape index (κ1) is 22.5. The van der Waals surface area contributed by atoms with E-state index < -0.39 is 18.5 Å². The molecular formula is C24H19F2N7OS. The average molecular weight is 492 g/mol. The van der Waals surface area contributed by atoms with E-state index in [1.54, 1.807) is 37.3 Å². The van der Waals surface area contributed by atoms with Gasteiger partial charge >= 0.3 is 6.55 Å². The largest absolute Gasteiger partial charge is 0.341 e. The molecule has 0 bridgehead atoms. The smallest absolute Gasteiger partial charge is 0.320 e. The molecule has 176 valence electrons. The average Bonchev–Trinajstić information content (AvgIpc) is 3.62. The number of tetrazole rings is 1. The number of imidazole rings is 1. The number of aromatic nitrogens is 6. The van der Waals surface area contributed by atoms with Crippen molar-refractivity contribution in [3.63, 3.8) is 0 Å². The molecule has 0 saturated carbocycles. The standard InChI is InChI=1S/C24H19F2N7OS/c1-15(21-28-18-11-5-6-12-19(18)32(21)24(25)26)27-23(34)20(14-17-10-7-13-35-17)33-22(29-30-31-33)16-8-3-2-4-9-16/h2-15,24H,1H3,(H,27,34)/b20-14+. The fourth-order valence-electron chi connectivity index (χ4n) is 3.76. The van der Waals surface area contributed by atoms with Crippen LogP contribution in [-0.4, -0.2) is 35.7 Å². The molecule has 5 aromatic rings. The first-order valence-corrected chi connectivity index (χ1v) is 11.6. The van der Waals surface area contributed by atoms with Crippen molar-refractivity contribution in [1.82, 2.24) is 35.1 Å². The zero-order valence-corrected chi connectivity index (χ0v) is 19.2. The number of halogens is 2. The Kier molecular flexibility index (Phi) is 6.15. The maximum absolute atomic E-state index is 13.9. The molecule has 1 N–H and O–H groups in total. The molecule has 0 aliphatic carbocycles. The molecule has 1 amide bonds. The lowest BCUT2D eigenvalue weighted by molar-refractivity contribution is -0.116. The third-order valence-corrected chi connectivity index (χ3v) is 6.16. The predicted octanol–water partition coefficient (Wildman–Crippen LogP) is 5.02. The molecule has 0 saturated heterocycles. The van der Waals surface area contributed by atoms with E-state index >= 15 is 0 Å². The van der Waals surface area contributed by atoms with E-state index in [1.807, 2.05) is 47.8 Å². The van der Waals surface area contributed by atoms with E-state index in [2.05, 4.69) is 25.8 Å². The van der Waals surface area contributed by atoms with Gasteiger partial charge in [0.05, 0.1) is 17.1 Å². The molecule has 3 heterocycles. The summed E-state index contributed by atoms with van der Waals surface area (Å²) in [6, 6.07) is 18.7. The fraction of sp³-hybridized carbons (Fsp3) is 0.125. The summed E-state index contributed by atoms with van der Waals surface area (Å²) in [5.74, 6) is -0.121. The van der Waals surface area contributed by atoms with Crippen molar-refractivity contribution in [2.75, 3.05) is 0 Å².